The smallest absolute Gasteiger partial charge is 0.00385 e. The van der Waals surface area contributed by atoms with Crippen LogP contribution in [0, 0.1) is 5.92 Å². The van der Waals surface area contributed by atoms with Gasteiger partial charge in [-0.2, -0.15) is 0 Å². The molecule has 1 atom stereocenters. The summed E-state index contributed by atoms with van der Waals surface area (Å²) in [7, 11) is 0. The molecule has 2 heteroatoms. The fourth-order valence-electron chi connectivity index (χ4n) is 2.43. The zero-order chi connectivity index (χ0) is 11.1. The van der Waals surface area contributed by atoms with Crippen LogP contribution in [0.5, 0.6) is 0 Å². The summed E-state index contributed by atoms with van der Waals surface area (Å²) in [6, 6.07) is 0.710. The van der Waals surface area contributed by atoms with Crippen LogP contribution in [0.1, 0.15) is 46.5 Å². The summed E-state index contributed by atoms with van der Waals surface area (Å²) in [4.78, 5) is 2.62. The standard InChI is InChI=1S/C13H28N2/c1-4-9-15(12(2)3)10-7-13-6-5-8-14-11-13/h12-14H,4-11H2,1-3H3. The monoisotopic (exact) mass is 212 g/mol. The molecule has 0 aromatic rings. The third-order valence-corrected chi connectivity index (χ3v) is 3.46. The van der Waals surface area contributed by atoms with E-state index in [1.807, 2.05) is 0 Å². The molecule has 2 nitrogen and oxygen atoms in total. The molecule has 0 spiro atoms. The summed E-state index contributed by atoms with van der Waals surface area (Å²) in [5, 5.41) is 3.50. The Balaban J connectivity index is 2.19. The predicted molar refractivity (Wildman–Crippen MR) is 67.2 cm³/mol. The highest BCUT2D eigenvalue weighted by atomic mass is 15.1. The largest absolute Gasteiger partial charge is 0.316 e. The van der Waals surface area contributed by atoms with Crippen LogP contribution in [0.2, 0.25) is 0 Å². The molecule has 1 unspecified atom stereocenters. The van der Waals surface area contributed by atoms with E-state index in [0.29, 0.717) is 6.04 Å². The third-order valence-electron chi connectivity index (χ3n) is 3.46. The van der Waals surface area contributed by atoms with E-state index in [9.17, 15) is 0 Å². The number of hydrogen-bond acceptors (Lipinski definition) is 2. The summed E-state index contributed by atoms with van der Waals surface area (Å²) in [5.41, 5.74) is 0. The Bertz CT molecular complexity index is 151. The third kappa shape index (κ3) is 4.98. The number of nitrogens with zero attached hydrogens (tertiary/aromatic N) is 1. The van der Waals surface area contributed by atoms with E-state index < -0.39 is 0 Å². The highest BCUT2D eigenvalue weighted by Gasteiger charge is 2.15. The lowest BCUT2D eigenvalue weighted by molar-refractivity contribution is 0.197. The first-order chi connectivity index (χ1) is 7.24. The molecule has 1 N–H and O–H groups in total. The van der Waals surface area contributed by atoms with Crippen LogP contribution >= 0.6 is 0 Å². The molecule has 1 fully saturated rings. The lowest BCUT2D eigenvalue weighted by Crippen LogP contribution is -2.36. The van der Waals surface area contributed by atoms with Gasteiger partial charge in [-0.1, -0.05) is 6.92 Å². The van der Waals surface area contributed by atoms with Crippen molar-refractivity contribution in [3.63, 3.8) is 0 Å². The van der Waals surface area contributed by atoms with Gasteiger partial charge in [0.1, 0.15) is 0 Å². The van der Waals surface area contributed by atoms with Gasteiger partial charge in [0.25, 0.3) is 0 Å². The van der Waals surface area contributed by atoms with Crippen molar-refractivity contribution in [1.82, 2.24) is 10.2 Å². The molecule has 1 saturated heterocycles. The summed E-state index contributed by atoms with van der Waals surface area (Å²) in [5.74, 6) is 0.928. The second kappa shape index (κ2) is 7.24. The molecule has 1 rings (SSSR count). The molecule has 0 amide bonds. The van der Waals surface area contributed by atoms with Crippen LogP contribution in [0.15, 0.2) is 0 Å². The predicted octanol–water partition coefficient (Wildman–Crippen LogP) is 2.50. The average Bonchev–Trinajstić information content (AvgIpc) is 2.25. The fourth-order valence-corrected chi connectivity index (χ4v) is 2.43. The van der Waals surface area contributed by atoms with Crippen molar-refractivity contribution < 1.29 is 0 Å². The van der Waals surface area contributed by atoms with Gasteiger partial charge < -0.3 is 10.2 Å². The minimum atomic E-state index is 0.710. The molecule has 0 bridgehead atoms. The van der Waals surface area contributed by atoms with Crippen LogP contribution in [0.3, 0.4) is 0 Å². The summed E-state index contributed by atoms with van der Waals surface area (Å²) < 4.78 is 0. The Kier molecular flexibility index (Phi) is 6.26. The van der Waals surface area contributed by atoms with E-state index in [1.165, 1.54) is 51.9 Å². The van der Waals surface area contributed by atoms with Crippen molar-refractivity contribution in [2.45, 2.75) is 52.5 Å². The number of hydrogen-bond donors (Lipinski definition) is 1. The molecular formula is C13H28N2. The number of nitrogens with one attached hydrogen (secondary N) is 1. The first-order valence-corrected chi connectivity index (χ1v) is 6.68. The van der Waals surface area contributed by atoms with Gasteiger partial charge in [-0.05, 0) is 71.6 Å². The molecule has 0 saturated carbocycles. The molecule has 0 aromatic heterocycles. The Morgan fingerprint density at radius 3 is 2.67 bits per heavy atom. The summed E-state index contributed by atoms with van der Waals surface area (Å²) >= 11 is 0. The molecular weight excluding hydrogens is 184 g/mol. The zero-order valence-corrected chi connectivity index (χ0v) is 10.8. The van der Waals surface area contributed by atoms with Gasteiger partial charge in [0.15, 0.2) is 0 Å². The highest BCUT2D eigenvalue weighted by molar-refractivity contribution is 4.72. The van der Waals surface area contributed by atoms with Gasteiger partial charge in [0.05, 0.1) is 0 Å². The molecule has 1 aliphatic heterocycles. The normalized spacial score (nSPS) is 22.6. The maximum Gasteiger partial charge on any atom is 0.00385 e. The van der Waals surface area contributed by atoms with E-state index >= 15 is 0 Å². The van der Waals surface area contributed by atoms with E-state index in [-0.39, 0.29) is 0 Å². The van der Waals surface area contributed by atoms with Crippen LogP contribution in [-0.4, -0.2) is 37.1 Å². The second-order valence-electron chi connectivity index (χ2n) is 5.13. The second-order valence-corrected chi connectivity index (χ2v) is 5.13. The topological polar surface area (TPSA) is 15.3 Å². The van der Waals surface area contributed by atoms with Crippen molar-refractivity contribution in [3.8, 4) is 0 Å². The van der Waals surface area contributed by atoms with E-state index in [4.69, 9.17) is 0 Å². The fraction of sp³-hybridized carbons (Fsp3) is 1.00. The van der Waals surface area contributed by atoms with Crippen molar-refractivity contribution in [2.24, 2.45) is 5.92 Å². The van der Waals surface area contributed by atoms with Crippen molar-refractivity contribution in [3.05, 3.63) is 0 Å². The van der Waals surface area contributed by atoms with Gasteiger partial charge in [-0.25, -0.2) is 0 Å². The maximum absolute atomic E-state index is 3.50. The molecule has 15 heavy (non-hydrogen) atoms. The van der Waals surface area contributed by atoms with Crippen molar-refractivity contribution in [2.75, 3.05) is 26.2 Å². The average molecular weight is 212 g/mol. The Morgan fingerprint density at radius 1 is 1.33 bits per heavy atom. The van der Waals surface area contributed by atoms with Crippen LogP contribution in [-0.2, 0) is 0 Å². The lowest BCUT2D eigenvalue weighted by Gasteiger charge is -2.29. The first kappa shape index (κ1) is 13.0. The number of rotatable bonds is 6. The van der Waals surface area contributed by atoms with E-state index in [1.54, 1.807) is 0 Å². The van der Waals surface area contributed by atoms with E-state index in [0.717, 1.165) is 5.92 Å². The lowest BCUT2D eigenvalue weighted by atomic mass is 9.96. The molecule has 1 heterocycles. The maximum atomic E-state index is 3.50. The van der Waals surface area contributed by atoms with Gasteiger partial charge in [0, 0.05) is 6.04 Å². The van der Waals surface area contributed by atoms with Gasteiger partial charge in [-0.3, -0.25) is 0 Å². The van der Waals surface area contributed by atoms with Crippen molar-refractivity contribution >= 4 is 0 Å². The number of piperidine rings is 1. The van der Waals surface area contributed by atoms with Crippen LogP contribution in [0.25, 0.3) is 0 Å². The molecule has 1 aliphatic rings. The van der Waals surface area contributed by atoms with Crippen molar-refractivity contribution in [1.29, 1.82) is 0 Å². The van der Waals surface area contributed by atoms with Gasteiger partial charge in [-0.15, -0.1) is 0 Å². The minimum Gasteiger partial charge on any atom is -0.316 e. The molecule has 0 radical (unpaired) electrons. The first-order valence-electron chi connectivity index (χ1n) is 6.68. The molecule has 90 valence electrons. The molecule has 0 aromatic carbocycles. The van der Waals surface area contributed by atoms with E-state index in [2.05, 4.69) is 31.0 Å². The highest BCUT2D eigenvalue weighted by Crippen LogP contribution is 2.15. The van der Waals surface area contributed by atoms with Gasteiger partial charge in [0.2, 0.25) is 0 Å². The Morgan fingerprint density at radius 2 is 2.13 bits per heavy atom. The summed E-state index contributed by atoms with van der Waals surface area (Å²) in [6.45, 7) is 11.9. The van der Waals surface area contributed by atoms with Gasteiger partial charge >= 0.3 is 0 Å². The van der Waals surface area contributed by atoms with Crippen LogP contribution in [0.4, 0.5) is 0 Å². The Hall–Kier alpha value is -0.0800. The SMILES string of the molecule is CCCN(CCC1CCCNC1)C(C)C. The quantitative estimate of drug-likeness (QED) is 0.728. The molecule has 0 aliphatic carbocycles. The zero-order valence-electron chi connectivity index (χ0n) is 10.8. The minimum absolute atomic E-state index is 0.710. The summed E-state index contributed by atoms with van der Waals surface area (Å²) in [6.07, 6.45) is 5.47. The van der Waals surface area contributed by atoms with Crippen LogP contribution < -0.4 is 5.32 Å². The Labute approximate surface area is 95.4 Å².